The summed E-state index contributed by atoms with van der Waals surface area (Å²) in [5, 5.41) is 33.4. The number of nitrogen functional groups attached to an aromatic ring is 1. The Kier molecular flexibility index (Phi) is 17.6. The number of fused-ring (bicyclic) bond motifs is 3. The number of hydrogen-bond acceptors (Lipinski definition) is 17. The number of ether oxygens (including phenoxy) is 2. The molecule has 0 spiro atoms. The molecule has 3 aromatic carbocycles. The van der Waals surface area contributed by atoms with Crippen LogP contribution in [0.4, 0.5) is 17.2 Å². The van der Waals surface area contributed by atoms with Crippen molar-refractivity contribution < 1.29 is 38.9 Å². The van der Waals surface area contributed by atoms with Gasteiger partial charge in [-0.3, -0.25) is 19.2 Å². The SMILES string of the molecule is Cc1ncsc1-c1ccc([C@H](CC(=O)N2CCC(CN3CCC(OC4CC(Oc5cc(N6CC7CCN(c8cc(-c9ccccc9O)nnc8N)CC6C7)ccn5)C4)CC3)CC2)NC(=O)[C@@H]2C[C@@H](O)CN2C(=O)[C@H](C(C)C)N2Cc3ccccc3C2=O)cc1. The van der Waals surface area contributed by atoms with Gasteiger partial charge < -0.3 is 60.1 Å². The maximum atomic E-state index is 14.6. The molecule has 6 aliphatic heterocycles. The number of aromatic nitrogens is 4. The number of aromatic hydroxyl groups is 1. The van der Waals surface area contributed by atoms with Gasteiger partial charge in [0.2, 0.25) is 23.6 Å². The van der Waals surface area contributed by atoms with Crippen molar-refractivity contribution in [3.8, 4) is 33.3 Å². The Morgan fingerprint density at radius 3 is 2.31 bits per heavy atom. The van der Waals surface area contributed by atoms with Gasteiger partial charge in [-0.2, -0.15) is 0 Å². The van der Waals surface area contributed by atoms with Crippen molar-refractivity contribution in [1.82, 2.24) is 45.1 Å². The predicted molar refractivity (Wildman–Crippen MR) is 340 cm³/mol. The van der Waals surface area contributed by atoms with Gasteiger partial charge in [0.1, 0.15) is 23.9 Å². The molecular weight excluding hydrogens is 1140 g/mol. The van der Waals surface area contributed by atoms with Gasteiger partial charge in [-0.1, -0.05) is 68.4 Å². The molecule has 1 saturated carbocycles. The molecule has 5 saturated heterocycles. The fourth-order valence-electron chi connectivity index (χ4n) is 14.9. The van der Waals surface area contributed by atoms with E-state index < -0.39 is 30.1 Å². The maximum absolute atomic E-state index is 14.6. The highest BCUT2D eigenvalue weighted by atomic mass is 32.1. The van der Waals surface area contributed by atoms with Crippen LogP contribution in [0.1, 0.15) is 111 Å². The Balaban J connectivity index is 0.567. The van der Waals surface area contributed by atoms with Gasteiger partial charge in [0, 0.05) is 120 Å². The molecule has 3 aromatic heterocycles. The number of nitrogens with one attached hydrogen (secondary N) is 1. The number of phenols is 1. The van der Waals surface area contributed by atoms with Gasteiger partial charge in [-0.05, 0) is 110 Å². The zero-order valence-electron chi connectivity index (χ0n) is 51.1. The van der Waals surface area contributed by atoms with Crippen LogP contribution in [0.5, 0.6) is 11.6 Å². The Labute approximate surface area is 524 Å². The van der Waals surface area contributed by atoms with E-state index in [2.05, 4.69) is 52.3 Å². The summed E-state index contributed by atoms with van der Waals surface area (Å²) in [6.07, 6.45) is 8.99. The molecule has 89 heavy (non-hydrogen) atoms. The van der Waals surface area contributed by atoms with Crippen LogP contribution >= 0.6 is 11.3 Å². The highest BCUT2D eigenvalue weighted by Crippen LogP contribution is 2.40. The number of nitrogens with two attached hydrogens (primary N) is 1. The molecule has 13 rings (SSSR count). The Hall–Kier alpha value is -7.72. The molecule has 6 aromatic rings. The number of rotatable bonds is 18. The number of hydrogen-bond donors (Lipinski definition) is 4. The zero-order valence-corrected chi connectivity index (χ0v) is 51.9. The van der Waals surface area contributed by atoms with Crippen LogP contribution < -0.4 is 25.6 Å². The largest absolute Gasteiger partial charge is 0.507 e. The van der Waals surface area contributed by atoms with Gasteiger partial charge in [-0.25, -0.2) is 9.97 Å². The fourth-order valence-corrected chi connectivity index (χ4v) is 15.7. The summed E-state index contributed by atoms with van der Waals surface area (Å²) >= 11 is 1.56. The average molecular weight is 1230 g/mol. The number of para-hydroxylation sites is 1. The van der Waals surface area contributed by atoms with E-state index in [4.69, 9.17) is 15.2 Å². The Morgan fingerprint density at radius 2 is 1.57 bits per heavy atom. The number of benzene rings is 3. The summed E-state index contributed by atoms with van der Waals surface area (Å²) in [4.78, 5) is 79.7. The minimum atomic E-state index is -0.990. The molecular formula is C68H82N12O8S. The van der Waals surface area contributed by atoms with E-state index in [9.17, 15) is 29.4 Å². The number of piperidine rings is 2. The molecule has 7 aliphatic rings. The quantitative estimate of drug-likeness (QED) is 0.0640. The lowest BCUT2D eigenvalue weighted by Crippen LogP contribution is -2.55. The van der Waals surface area contributed by atoms with E-state index in [0.717, 1.165) is 129 Å². The lowest BCUT2D eigenvalue weighted by Gasteiger charge is -2.41. The van der Waals surface area contributed by atoms with Crippen molar-refractivity contribution in [2.75, 3.05) is 74.4 Å². The van der Waals surface area contributed by atoms with Crippen LogP contribution in [0, 0.1) is 24.7 Å². The molecule has 9 heterocycles. The van der Waals surface area contributed by atoms with E-state index >= 15 is 0 Å². The van der Waals surface area contributed by atoms with Crippen molar-refractivity contribution in [1.29, 1.82) is 0 Å². The smallest absolute Gasteiger partial charge is 0.255 e. The number of β-amino-alcohol motifs (C(OH)–C–C–N with tert-alkyl or cyclic N) is 1. The van der Waals surface area contributed by atoms with Crippen LogP contribution in [0.3, 0.4) is 0 Å². The number of aliphatic hydroxyl groups is 1. The van der Waals surface area contributed by atoms with E-state index in [1.807, 2.05) is 98.0 Å². The normalized spacial score (nSPS) is 24.0. The van der Waals surface area contributed by atoms with E-state index in [1.54, 1.807) is 34.4 Å². The molecule has 6 atom stereocenters. The highest BCUT2D eigenvalue weighted by Gasteiger charge is 2.47. The number of phenolic OH excluding ortho intramolecular Hbond substituents is 1. The summed E-state index contributed by atoms with van der Waals surface area (Å²) in [6, 6.07) is 26.3. The van der Waals surface area contributed by atoms with Gasteiger partial charge in [-0.15, -0.1) is 21.5 Å². The van der Waals surface area contributed by atoms with E-state index in [0.29, 0.717) is 60.0 Å². The van der Waals surface area contributed by atoms with Crippen LogP contribution in [0.15, 0.2) is 103 Å². The predicted octanol–water partition coefficient (Wildman–Crippen LogP) is 7.88. The fraction of sp³-hybridized carbons (Fsp3) is 0.500. The number of anilines is 3. The number of likely N-dealkylation sites (tertiary alicyclic amines) is 3. The van der Waals surface area contributed by atoms with Crippen molar-refractivity contribution in [3.05, 3.63) is 125 Å². The van der Waals surface area contributed by atoms with Gasteiger partial charge in [0.05, 0.1) is 58.2 Å². The Morgan fingerprint density at radius 1 is 0.809 bits per heavy atom. The molecule has 21 heteroatoms. The lowest BCUT2D eigenvalue weighted by atomic mass is 9.91. The summed E-state index contributed by atoms with van der Waals surface area (Å²) in [7, 11) is 0. The number of amides is 4. The molecule has 1 aliphatic carbocycles. The first-order valence-electron chi connectivity index (χ1n) is 32.1. The van der Waals surface area contributed by atoms with Gasteiger partial charge in [0.25, 0.3) is 5.91 Å². The molecule has 4 amide bonds. The number of carbonyl (C=O) groups is 4. The van der Waals surface area contributed by atoms with Crippen LogP contribution in [-0.4, -0.2) is 175 Å². The zero-order chi connectivity index (χ0) is 61.4. The monoisotopic (exact) mass is 1230 g/mol. The third-order valence-corrected chi connectivity index (χ3v) is 20.8. The molecule has 2 bridgehead atoms. The summed E-state index contributed by atoms with van der Waals surface area (Å²) < 4.78 is 13.1. The molecule has 2 unspecified atom stereocenters. The first-order valence-corrected chi connectivity index (χ1v) is 32.9. The second kappa shape index (κ2) is 26.0. The van der Waals surface area contributed by atoms with Crippen molar-refractivity contribution >= 4 is 52.2 Å². The second-order valence-electron chi connectivity index (χ2n) is 26.1. The number of carbonyl (C=O) groups excluding carboxylic acids is 4. The highest BCUT2D eigenvalue weighted by molar-refractivity contribution is 7.13. The first-order chi connectivity index (χ1) is 43.2. The molecule has 6 fully saturated rings. The van der Waals surface area contributed by atoms with Gasteiger partial charge in [0.15, 0.2) is 5.82 Å². The third-order valence-electron chi connectivity index (χ3n) is 19.8. The third kappa shape index (κ3) is 13.0. The number of nitrogens with zero attached hydrogens (tertiary/aromatic N) is 10. The molecule has 468 valence electrons. The van der Waals surface area contributed by atoms with E-state index in [-0.39, 0.29) is 73.1 Å². The Bertz CT molecular complexity index is 3530. The summed E-state index contributed by atoms with van der Waals surface area (Å²) in [5.41, 5.74) is 15.5. The number of aliphatic hydroxyl groups excluding tert-OH is 1. The number of pyridine rings is 1. The average Bonchev–Trinajstić information content (AvgIpc) is 4.41. The van der Waals surface area contributed by atoms with Crippen molar-refractivity contribution in [3.63, 3.8) is 0 Å². The summed E-state index contributed by atoms with van der Waals surface area (Å²) in [6.45, 7) is 12.9. The van der Waals surface area contributed by atoms with E-state index in [1.165, 1.54) is 4.90 Å². The van der Waals surface area contributed by atoms with Gasteiger partial charge >= 0.3 is 0 Å². The van der Waals surface area contributed by atoms with Crippen LogP contribution in [-0.2, 0) is 25.7 Å². The first kappa shape index (κ1) is 60.2. The lowest BCUT2D eigenvalue weighted by molar-refractivity contribution is -0.144. The number of aryl methyl sites for hydroxylation is 1. The second-order valence-corrected chi connectivity index (χ2v) is 27.0. The van der Waals surface area contributed by atoms with Crippen molar-refractivity contribution in [2.24, 2.45) is 17.8 Å². The van der Waals surface area contributed by atoms with Crippen LogP contribution in [0.2, 0.25) is 0 Å². The van der Waals surface area contributed by atoms with Crippen molar-refractivity contribution in [2.45, 2.75) is 140 Å². The topological polar surface area (TPSA) is 236 Å². The summed E-state index contributed by atoms with van der Waals surface area (Å²) in [5.74, 6) is 0.848. The minimum absolute atomic E-state index is 0.0333. The molecule has 0 radical (unpaired) electrons. The minimum Gasteiger partial charge on any atom is -0.507 e. The number of thiazole rings is 1. The maximum Gasteiger partial charge on any atom is 0.255 e. The standard InChI is InChI=1S/C68H82N12O8S/c1-41(2)63(80-37-47-8-4-5-9-54(47)67(80)85)68(86)79-39-50(81)30-59(79)66(84)72-56(45-12-14-46(15-13-45)64-42(3)71-40-89-64)34-62(83)76-25-17-43(18-26-76)35-75-23-20-51(21-24-75)87-52-31-53(32-52)88-61-29-48(16-22-70-61)78-36-44-19-27-77(38-49(78)28-44)58-33-57(73-74-65(58)69)55-10-6-7-11-60(55)82/h4-16,22,29,33,40-41,43-44,49-53,56,59,63,81-82H,17-21,23-28,30-32,34-39H2,1-3H3,(H2,69,74)(H,72,84)/t44?,49?,50-,52?,53?,56+,59+,63+/m1/s1. The molecule has 20 nitrogen and oxygen atoms in total. The molecule has 5 N–H and O–H groups in total. The van der Waals surface area contributed by atoms with Crippen LogP contribution in [0.25, 0.3) is 21.7 Å².